The lowest BCUT2D eigenvalue weighted by atomic mass is 10.1. The van der Waals surface area contributed by atoms with E-state index in [2.05, 4.69) is 12.6 Å². The molecule has 0 unspecified atom stereocenters. The minimum atomic E-state index is -2.77. The molecule has 0 aliphatic heterocycles. The summed E-state index contributed by atoms with van der Waals surface area (Å²) >= 11 is 3.12. The van der Waals surface area contributed by atoms with Crippen LogP contribution in [-0.2, 0) is 0 Å². The first-order valence-electron chi connectivity index (χ1n) is 3.52. The summed E-state index contributed by atoms with van der Waals surface area (Å²) < 4.78 is 24.1. The Kier molecular flexibility index (Phi) is 4.25. The molecule has 0 saturated carbocycles. The second-order valence-electron chi connectivity index (χ2n) is 2.95. The van der Waals surface area contributed by atoms with Crippen LogP contribution in [0.15, 0.2) is 0 Å². The second kappa shape index (κ2) is 4.16. The predicted octanol–water partition coefficient (Wildman–Crippen LogP) is 3.34. The molecule has 10 heavy (non-hydrogen) atoms. The number of alkyl halides is 2. The third-order valence-electron chi connectivity index (χ3n) is 1.26. The minimum Gasteiger partial charge on any atom is -0.195 e. The van der Waals surface area contributed by atoms with E-state index in [1.54, 1.807) is 0 Å². The van der Waals surface area contributed by atoms with Gasteiger partial charge in [0.15, 0.2) is 0 Å². The Hall–Kier alpha value is 0.210. The Bertz CT molecular complexity index is 86.1. The van der Waals surface area contributed by atoms with Gasteiger partial charge in [0, 0.05) is 6.42 Å². The third-order valence-corrected chi connectivity index (χ3v) is 1.48. The number of rotatable bonds is 4. The maximum Gasteiger partial charge on any atom is 0.291 e. The van der Waals surface area contributed by atoms with Crippen LogP contribution in [0.5, 0.6) is 0 Å². The van der Waals surface area contributed by atoms with Gasteiger partial charge in [-0.05, 0) is 12.3 Å². The molecule has 0 heterocycles. The van der Waals surface area contributed by atoms with Crippen molar-refractivity contribution >= 4 is 12.6 Å². The molecular weight excluding hydrogens is 154 g/mol. The molecule has 0 N–H and O–H groups in total. The van der Waals surface area contributed by atoms with E-state index in [-0.39, 0.29) is 6.42 Å². The molecule has 0 aliphatic carbocycles. The van der Waals surface area contributed by atoms with Crippen LogP contribution in [0.4, 0.5) is 8.78 Å². The first-order valence-corrected chi connectivity index (χ1v) is 3.97. The summed E-state index contributed by atoms with van der Waals surface area (Å²) in [4.78, 5) is 0. The predicted molar refractivity (Wildman–Crippen MR) is 42.6 cm³/mol. The Morgan fingerprint density at radius 2 is 1.90 bits per heavy atom. The zero-order valence-electron chi connectivity index (χ0n) is 6.40. The van der Waals surface area contributed by atoms with E-state index < -0.39 is 5.25 Å². The molecule has 0 spiro atoms. The number of hydrogen-bond donors (Lipinski definition) is 1. The fourth-order valence-corrected chi connectivity index (χ4v) is 0.881. The van der Waals surface area contributed by atoms with E-state index in [1.807, 2.05) is 13.8 Å². The molecule has 0 aromatic heterocycles. The van der Waals surface area contributed by atoms with E-state index in [0.29, 0.717) is 12.3 Å². The summed E-state index contributed by atoms with van der Waals surface area (Å²) in [6.45, 7) is 4.05. The van der Waals surface area contributed by atoms with Gasteiger partial charge in [0.2, 0.25) is 0 Å². The van der Waals surface area contributed by atoms with Gasteiger partial charge in [-0.3, -0.25) is 0 Å². The van der Waals surface area contributed by atoms with E-state index in [1.165, 1.54) is 0 Å². The van der Waals surface area contributed by atoms with Crippen molar-refractivity contribution in [3.8, 4) is 0 Å². The summed E-state index contributed by atoms with van der Waals surface area (Å²) in [7, 11) is 0. The molecule has 0 radical (unpaired) electrons. The highest BCUT2D eigenvalue weighted by atomic mass is 32.1. The molecule has 0 saturated heterocycles. The van der Waals surface area contributed by atoms with Crippen LogP contribution >= 0.6 is 12.6 Å². The molecule has 0 aromatic carbocycles. The van der Waals surface area contributed by atoms with Gasteiger partial charge in [0.1, 0.15) is 0 Å². The maximum absolute atomic E-state index is 12.0. The molecular formula is C7H14F2S. The van der Waals surface area contributed by atoms with Gasteiger partial charge in [-0.1, -0.05) is 20.3 Å². The van der Waals surface area contributed by atoms with E-state index in [4.69, 9.17) is 0 Å². The van der Waals surface area contributed by atoms with Crippen molar-refractivity contribution in [1.82, 2.24) is 0 Å². The SMILES string of the molecule is CC(C)CCCC(F)(F)S. The monoisotopic (exact) mass is 168 g/mol. The molecule has 62 valence electrons. The molecule has 0 aromatic rings. The smallest absolute Gasteiger partial charge is 0.195 e. The van der Waals surface area contributed by atoms with Gasteiger partial charge in [-0.25, -0.2) is 0 Å². The highest BCUT2D eigenvalue weighted by molar-refractivity contribution is 7.81. The first kappa shape index (κ1) is 10.2. The average Bonchev–Trinajstić information content (AvgIpc) is 1.59. The highest BCUT2D eigenvalue weighted by Gasteiger charge is 2.21. The Balaban J connectivity index is 3.21. The van der Waals surface area contributed by atoms with Crippen LogP contribution in [-0.4, -0.2) is 5.25 Å². The summed E-state index contributed by atoms with van der Waals surface area (Å²) in [6.07, 6.45) is 1.32. The zero-order valence-corrected chi connectivity index (χ0v) is 7.30. The molecule has 0 rings (SSSR count). The highest BCUT2D eigenvalue weighted by Crippen LogP contribution is 2.25. The molecule has 0 atom stereocenters. The van der Waals surface area contributed by atoms with Crippen LogP contribution in [0, 0.1) is 5.92 Å². The van der Waals surface area contributed by atoms with Crippen LogP contribution in [0.2, 0.25) is 0 Å². The lowest BCUT2D eigenvalue weighted by Crippen LogP contribution is -2.05. The number of hydrogen-bond acceptors (Lipinski definition) is 1. The zero-order chi connectivity index (χ0) is 8.20. The number of thiol groups is 1. The quantitative estimate of drug-likeness (QED) is 0.611. The Morgan fingerprint density at radius 3 is 2.20 bits per heavy atom. The fraction of sp³-hybridized carbons (Fsp3) is 1.00. The van der Waals surface area contributed by atoms with Gasteiger partial charge >= 0.3 is 0 Å². The lowest BCUT2D eigenvalue weighted by Gasteiger charge is -2.09. The van der Waals surface area contributed by atoms with Gasteiger partial charge in [0.05, 0.1) is 0 Å². The molecule has 0 fully saturated rings. The minimum absolute atomic E-state index is 0.103. The Morgan fingerprint density at radius 1 is 1.40 bits per heavy atom. The first-order chi connectivity index (χ1) is 4.42. The van der Waals surface area contributed by atoms with E-state index in [9.17, 15) is 8.78 Å². The average molecular weight is 168 g/mol. The Labute approximate surface area is 66.4 Å². The largest absolute Gasteiger partial charge is 0.291 e. The topological polar surface area (TPSA) is 0 Å². The van der Waals surface area contributed by atoms with E-state index in [0.717, 1.165) is 6.42 Å². The normalized spacial score (nSPS) is 12.6. The molecule has 0 amide bonds. The summed E-state index contributed by atoms with van der Waals surface area (Å²) in [5.41, 5.74) is 0. The van der Waals surface area contributed by atoms with Crippen molar-refractivity contribution in [1.29, 1.82) is 0 Å². The number of halogens is 2. The van der Waals surface area contributed by atoms with Crippen molar-refractivity contribution in [2.75, 3.05) is 0 Å². The lowest BCUT2D eigenvalue weighted by molar-refractivity contribution is 0.0938. The van der Waals surface area contributed by atoms with Gasteiger partial charge < -0.3 is 0 Å². The second-order valence-corrected chi connectivity index (χ2v) is 3.61. The summed E-state index contributed by atoms with van der Waals surface area (Å²) in [5.74, 6) is 0.510. The van der Waals surface area contributed by atoms with Crippen molar-refractivity contribution in [2.45, 2.75) is 38.4 Å². The summed E-state index contributed by atoms with van der Waals surface area (Å²) in [5, 5.41) is -2.77. The van der Waals surface area contributed by atoms with E-state index >= 15 is 0 Å². The fourth-order valence-electron chi connectivity index (χ4n) is 0.723. The summed E-state index contributed by atoms with van der Waals surface area (Å²) in [6, 6.07) is 0. The van der Waals surface area contributed by atoms with Gasteiger partial charge in [-0.2, -0.15) is 8.78 Å². The van der Waals surface area contributed by atoms with Crippen LogP contribution in [0.1, 0.15) is 33.1 Å². The van der Waals surface area contributed by atoms with Crippen molar-refractivity contribution in [2.24, 2.45) is 5.92 Å². The van der Waals surface area contributed by atoms with Gasteiger partial charge in [0.25, 0.3) is 5.25 Å². The van der Waals surface area contributed by atoms with Gasteiger partial charge in [-0.15, -0.1) is 12.6 Å². The third kappa shape index (κ3) is 8.21. The van der Waals surface area contributed by atoms with Crippen molar-refractivity contribution in [3.63, 3.8) is 0 Å². The molecule has 0 aliphatic rings. The molecule has 3 heteroatoms. The van der Waals surface area contributed by atoms with Crippen molar-refractivity contribution in [3.05, 3.63) is 0 Å². The van der Waals surface area contributed by atoms with Crippen molar-refractivity contribution < 1.29 is 8.78 Å². The standard InChI is InChI=1S/C7H14F2S/c1-6(2)4-3-5-7(8,9)10/h6,10H,3-5H2,1-2H3. The maximum atomic E-state index is 12.0. The van der Waals surface area contributed by atoms with Crippen LogP contribution in [0.25, 0.3) is 0 Å². The molecule has 0 bridgehead atoms. The van der Waals surface area contributed by atoms with Crippen LogP contribution < -0.4 is 0 Å². The van der Waals surface area contributed by atoms with Crippen LogP contribution in [0.3, 0.4) is 0 Å². The molecule has 0 nitrogen and oxygen atoms in total.